The zero-order valence-electron chi connectivity index (χ0n) is 15.8. The molecule has 5 atom stereocenters. The predicted molar refractivity (Wildman–Crippen MR) is 102 cm³/mol. The van der Waals surface area contributed by atoms with Gasteiger partial charge in [0.15, 0.2) is 0 Å². The van der Waals surface area contributed by atoms with Crippen molar-refractivity contribution >= 4 is 5.97 Å². The van der Waals surface area contributed by atoms with Gasteiger partial charge in [0, 0.05) is 12.3 Å². The van der Waals surface area contributed by atoms with Crippen molar-refractivity contribution in [1.29, 1.82) is 0 Å². The Bertz CT molecular complexity index is 506. The molecular weight excluding hydrogens is 328 g/mol. The van der Waals surface area contributed by atoms with Crippen molar-refractivity contribution in [1.82, 2.24) is 0 Å². The summed E-state index contributed by atoms with van der Waals surface area (Å²) in [6, 6.07) is 0. The van der Waals surface area contributed by atoms with Crippen LogP contribution in [0.15, 0.2) is 24.3 Å². The highest BCUT2D eigenvalue weighted by atomic mass is 16.5. The first kappa shape index (κ1) is 19.6. The summed E-state index contributed by atoms with van der Waals surface area (Å²) >= 11 is 0. The van der Waals surface area contributed by atoms with Gasteiger partial charge < -0.3 is 14.9 Å². The molecule has 3 fully saturated rings. The summed E-state index contributed by atoms with van der Waals surface area (Å²) in [5.41, 5.74) is 0. The van der Waals surface area contributed by atoms with E-state index in [1.165, 1.54) is 19.3 Å². The normalized spacial score (nSPS) is 33.4. The third-order valence-electron chi connectivity index (χ3n) is 6.49. The second-order valence-electron chi connectivity index (χ2n) is 8.30. The summed E-state index contributed by atoms with van der Waals surface area (Å²) in [4.78, 5) is 10.5. The number of hydrogen-bond acceptors (Lipinski definition) is 3. The molecule has 2 N–H and O–H groups in total. The lowest BCUT2D eigenvalue weighted by Crippen LogP contribution is -2.26. The van der Waals surface area contributed by atoms with Gasteiger partial charge in [0.2, 0.25) is 0 Å². The van der Waals surface area contributed by atoms with E-state index in [4.69, 9.17) is 9.84 Å². The number of fused-ring (bicyclic) bond motifs is 2. The van der Waals surface area contributed by atoms with E-state index >= 15 is 0 Å². The number of aliphatic hydroxyl groups excluding tert-OH is 1. The molecular formula is C22H34O4. The number of carbonyl (C=O) groups is 1. The Kier molecular flexibility index (Phi) is 7.32. The molecule has 1 saturated carbocycles. The highest BCUT2D eigenvalue weighted by Crippen LogP contribution is 2.46. The lowest BCUT2D eigenvalue weighted by atomic mass is 9.76. The predicted octanol–water partition coefficient (Wildman–Crippen LogP) is 4.48. The first-order valence-electron chi connectivity index (χ1n) is 10.5. The van der Waals surface area contributed by atoms with Crippen LogP contribution in [0.5, 0.6) is 0 Å². The molecule has 4 nitrogen and oxygen atoms in total. The van der Waals surface area contributed by atoms with Crippen molar-refractivity contribution in [3.8, 4) is 0 Å². The number of rotatable bonds is 9. The summed E-state index contributed by atoms with van der Waals surface area (Å²) in [5.74, 6) is 0.628. The average Bonchev–Trinajstić information content (AvgIpc) is 3.24. The highest BCUT2D eigenvalue weighted by molar-refractivity contribution is 5.66. The van der Waals surface area contributed by atoms with Crippen LogP contribution >= 0.6 is 0 Å². The van der Waals surface area contributed by atoms with Crippen LogP contribution in [-0.2, 0) is 9.53 Å². The molecule has 2 heterocycles. The molecule has 2 saturated heterocycles. The fraction of sp³-hybridized carbons (Fsp3) is 0.773. The fourth-order valence-electron chi connectivity index (χ4n) is 5.00. The molecule has 0 aromatic carbocycles. The SMILES string of the molecule is O=C(O)CCC/C=C\C[C@H]1[C@H](/C=C/C(O)C2CCCCC2)[C@H]2CC[C@@H]1O2. The smallest absolute Gasteiger partial charge is 0.303 e. The molecule has 2 aliphatic heterocycles. The van der Waals surface area contributed by atoms with E-state index in [-0.39, 0.29) is 12.5 Å². The van der Waals surface area contributed by atoms with Crippen LogP contribution in [0.2, 0.25) is 0 Å². The van der Waals surface area contributed by atoms with Crippen LogP contribution in [0, 0.1) is 17.8 Å². The van der Waals surface area contributed by atoms with Crippen molar-refractivity contribution in [2.45, 2.75) is 88.9 Å². The van der Waals surface area contributed by atoms with Gasteiger partial charge in [-0.15, -0.1) is 0 Å². The molecule has 0 amide bonds. The van der Waals surface area contributed by atoms with E-state index in [9.17, 15) is 9.90 Å². The molecule has 2 bridgehead atoms. The monoisotopic (exact) mass is 362 g/mol. The topological polar surface area (TPSA) is 66.8 Å². The summed E-state index contributed by atoms with van der Waals surface area (Å²) in [5, 5.41) is 19.2. The Morgan fingerprint density at radius 3 is 2.62 bits per heavy atom. The Balaban J connectivity index is 1.49. The third kappa shape index (κ3) is 5.20. The number of aliphatic hydroxyl groups is 1. The fourth-order valence-corrected chi connectivity index (χ4v) is 5.00. The maximum absolute atomic E-state index is 10.5. The van der Waals surface area contributed by atoms with E-state index in [1.54, 1.807) is 0 Å². The van der Waals surface area contributed by atoms with Gasteiger partial charge in [0.25, 0.3) is 0 Å². The molecule has 3 rings (SSSR count). The molecule has 146 valence electrons. The van der Waals surface area contributed by atoms with Crippen molar-refractivity contribution in [3.63, 3.8) is 0 Å². The van der Waals surface area contributed by atoms with Gasteiger partial charge in [-0.05, 0) is 56.8 Å². The highest BCUT2D eigenvalue weighted by Gasteiger charge is 2.46. The van der Waals surface area contributed by atoms with Crippen LogP contribution < -0.4 is 0 Å². The largest absolute Gasteiger partial charge is 0.481 e. The van der Waals surface area contributed by atoms with Gasteiger partial charge in [-0.25, -0.2) is 0 Å². The second-order valence-corrected chi connectivity index (χ2v) is 8.30. The number of carboxylic acid groups (broad SMARTS) is 1. The van der Waals surface area contributed by atoms with E-state index in [1.807, 2.05) is 6.08 Å². The molecule has 0 radical (unpaired) electrons. The molecule has 0 spiro atoms. The Morgan fingerprint density at radius 2 is 1.85 bits per heavy atom. The van der Waals surface area contributed by atoms with Crippen LogP contribution in [0.3, 0.4) is 0 Å². The zero-order chi connectivity index (χ0) is 18.4. The number of hydrogen-bond donors (Lipinski definition) is 2. The zero-order valence-corrected chi connectivity index (χ0v) is 15.8. The molecule has 1 unspecified atom stereocenters. The molecule has 26 heavy (non-hydrogen) atoms. The number of allylic oxidation sites excluding steroid dienone is 2. The molecule has 3 aliphatic rings. The maximum atomic E-state index is 10.5. The third-order valence-corrected chi connectivity index (χ3v) is 6.49. The first-order chi connectivity index (χ1) is 12.6. The van der Waals surface area contributed by atoms with E-state index < -0.39 is 5.97 Å². The average molecular weight is 363 g/mol. The van der Waals surface area contributed by atoms with Gasteiger partial charge in [-0.3, -0.25) is 4.79 Å². The number of aliphatic carboxylic acids is 1. The lowest BCUT2D eigenvalue weighted by Gasteiger charge is -2.27. The van der Waals surface area contributed by atoms with E-state index in [0.717, 1.165) is 38.5 Å². The first-order valence-corrected chi connectivity index (χ1v) is 10.5. The Morgan fingerprint density at radius 1 is 1.08 bits per heavy atom. The van der Waals surface area contributed by atoms with Crippen LogP contribution in [0.1, 0.15) is 70.6 Å². The molecule has 4 heteroatoms. The second kappa shape index (κ2) is 9.70. The van der Waals surface area contributed by atoms with Gasteiger partial charge in [-0.1, -0.05) is 43.6 Å². The number of unbranched alkanes of at least 4 members (excludes halogenated alkanes) is 1. The minimum Gasteiger partial charge on any atom is -0.481 e. The minimum atomic E-state index is -0.721. The lowest BCUT2D eigenvalue weighted by molar-refractivity contribution is -0.137. The van der Waals surface area contributed by atoms with Crippen molar-refractivity contribution < 1.29 is 19.7 Å². The van der Waals surface area contributed by atoms with E-state index in [2.05, 4.69) is 18.2 Å². The van der Waals surface area contributed by atoms with Crippen LogP contribution in [-0.4, -0.2) is 34.5 Å². The van der Waals surface area contributed by atoms with Crippen molar-refractivity contribution in [2.75, 3.05) is 0 Å². The van der Waals surface area contributed by atoms with Gasteiger partial charge >= 0.3 is 5.97 Å². The molecule has 0 aromatic heterocycles. The number of carboxylic acids is 1. The summed E-state index contributed by atoms with van der Waals surface area (Å²) in [7, 11) is 0. The van der Waals surface area contributed by atoms with Gasteiger partial charge in [0.1, 0.15) is 0 Å². The number of ether oxygens (including phenoxy) is 1. The summed E-state index contributed by atoms with van der Waals surface area (Å²) in [6.07, 6.45) is 20.2. The standard InChI is InChI=1S/C22H34O4/c23-19(16-8-4-3-5-9-16)13-12-18-17(20-14-15-21(18)26-20)10-6-1-2-7-11-22(24)25/h1,6,12-13,16-21,23H,2-5,7-11,14-15H2,(H,24,25)/b6-1-,13-12+/t17-,18-,19?,20-,21+/m0/s1. The summed E-state index contributed by atoms with van der Waals surface area (Å²) < 4.78 is 6.14. The minimum absolute atomic E-state index is 0.242. The summed E-state index contributed by atoms with van der Waals surface area (Å²) in [6.45, 7) is 0. The van der Waals surface area contributed by atoms with Crippen LogP contribution in [0.25, 0.3) is 0 Å². The quantitative estimate of drug-likeness (QED) is 0.469. The molecule has 0 aromatic rings. The van der Waals surface area contributed by atoms with Gasteiger partial charge in [-0.2, -0.15) is 0 Å². The van der Waals surface area contributed by atoms with Crippen LogP contribution in [0.4, 0.5) is 0 Å². The Labute approximate surface area is 157 Å². The Hall–Kier alpha value is -1.13. The van der Waals surface area contributed by atoms with Crippen molar-refractivity contribution in [3.05, 3.63) is 24.3 Å². The molecule has 1 aliphatic carbocycles. The van der Waals surface area contributed by atoms with Crippen molar-refractivity contribution in [2.24, 2.45) is 17.8 Å². The van der Waals surface area contributed by atoms with E-state index in [0.29, 0.717) is 36.4 Å². The van der Waals surface area contributed by atoms with Gasteiger partial charge in [0.05, 0.1) is 18.3 Å². The maximum Gasteiger partial charge on any atom is 0.303 e.